The van der Waals surface area contributed by atoms with Gasteiger partial charge in [0.1, 0.15) is 0 Å². The number of piperidine rings is 1. The molecule has 0 radical (unpaired) electrons. The van der Waals surface area contributed by atoms with Crippen LogP contribution in [0.1, 0.15) is 74.8 Å². The maximum absolute atomic E-state index is 4.73. The first-order valence-corrected chi connectivity index (χ1v) is 13.6. The Balaban J connectivity index is 1.45. The molecule has 0 saturated carbocycles. The van der Waals surface area contributed by atoms with Crippen LogP contribution < -0.4 is 0 Å². The highest BCUT2D eigenvalue weighted by atomic mass is 15.3. The second-order valence-electron chi connectivity index (χ2n) is 10.6. The zero-order valence-corrected chi connectivity index (χ0v) is 22.2. The standard InChI is InChI=1S/C32H43N3/c1-6-25(4)30-11-8-12-31(20-30)32-21-33-35(26(32)5)23-28(7-2)29-15-13-27(14-16-29)17-19-34-18-9-10-24(3)22-34/h7-8,11,13-16,20-21,23-25,31H,2,6,9-10,12,17-19,22H2,1,3-5H3/b28-23+. The van der Waals surface area contributed by atoms with Crippen LogP contribution in [0.3, 0.4) is 0 Å². The first kappa shape index (κ1) is 25.4. The van der Waals surface area contributed by atoms with E-state index < -0.39 is 0 Å². The highest BCUT2D eigenvalue weighted by Crippen LogP contribution is 2.33. The smallest absolute Gasteiger partial charge is 0.0534 e. The van der Waals surface area contributed by atoms with Crippen LogP contribution in [-0.2, 0) is 6.42 Å². The Morgan fingerprint density at radius 3 is 2.77 bits per heavy atom. The molecule has 1 aromatic carbocycles. The topological polar surface area (TPSA) is 21.1 Å². The third-order valence-electron chi connectivity index (χ3n) is 7.98. The normalized spacial score (nSPS) is 22.2. The van der Waals surface area contributed by atoms with Gasteiger partial charge in [0.15, 0.2) is 0 Å². The molecule has 3 atom stereocenters. The molecule has 1 fully saturated rings. The van der Waals surface area contributed by atoms with E-state index in [1.165, 1.54) is 60.3 Å². The minimum atomic E-state index is 0.403. The van der Waals surface area contributed by atoms with Gasteiger partial charge in [0.2, 0.25) is 0 Å². The van der Waals surface area contributed by atoms with Crippen molar-refractivity contribution in [3.63, 3.8) is 0 Å². The van der Waals surface area contributed by atoms with E-state index in [-0.39, 0.29) is 0 Å². The summed E-state index contributed by atoms with van der Waals surface area (Å²) in [5, 5.41) is 4.73. The molecule has 0 N–H and O–H groups in total. The van der Waals surface area contributed by atoms with Crippen LogP contribution >= 0.6 is 0 Å². The van der Waals surface area contributed by atoms with E-state index in [0.717, 1.165) is 30.9 Å². The van der Waals surface area contributed by atoms with Gasteiger partial charge in [0.05, 0.1) is 6.20 Å². The number of likely N-dealkylation sites (tertiary alicyclic amines) is 1. The van der Waals surface area contributed by atoms with E-state index in [2.05, 4.69) is 87.9 Å². The molecule has 2 aromatic rings. The Bertz CT molecular complexity index is 1080. The van der Waals surface area contributed by atoms with Crippen molar-refractivity contribution in [1.82, 2.24) is 14.7 Å². The van der Waals surface area contributed by atoms with E-state index >= 15 is 0 Å². The average molecular weight is 470 g/mol. The number of hydrogen-bond acceptors (Lipinski definition) is 2. The fraction of sp³-hybridized carbons (Fsp3) is 0.469. The highest BCUT2D eigenvalue weighted by molar-refractivity contribution is 5.82. The zero-order chi connectivity index (χ0) is 24.8. The van der Waals surface area contributed by atoms with Gasteiger partial charge in [-0.1, -0.05) is 75.9 Å². The second kappa shape index (κ2) is 11.9. The van der Waals surface area contributed by atoms with Crippen molar-refractivity contribution in [2.24, 2.45) is 11.8 Å². The minimum Gasteiger partial charge on any atom is -0.303 e. The largest absolute Gasteiger partial charge is 0.303 e. The predicted molar refractivity (Wildman–Crippen MR) is 150 cm³/mol. The maximum atomic E-state index is 4.73. The summed E-state index contributed by atoms with van der Waals surface area (Å²) in [6.07, 6.45) is 19.2. The summed E-state index contributed by atoms with van der Waals surface area (Å²) < 4.78 is 2.02. The third-order valence-corrected chi connectivity index (χ3v) is 7.98. The van der Waals surface area contributed by atoms with Gasteiger partial charge in [-0.2, -0.15) is 5.10 Å². The van der Waals surface area contributed by atoms with Gasteiger partial charge in [-0.25, -0.2) is 4.68 Å². The molecular formula is C32H43N3. The SMILES string of the molecule is C=C/C(=C\n1ncc(C2C=C(C(C)CC)C=CC2)c1C)c1ccc(CCN2CCCC(C)C2)cc1. The molecule has 4 rings (SSSR count). The van der Waals surface area contributed by atoms with Crippen LogP contribution in [0.2, 0.25) is 0 Å². The summed E-state index contributed by atoms with van der Waals surface area (Å²) >= 11 is 0. The van der Waals surface area contributed by atoms with E-state index in [1.54, 1.807) is 0 Å². The number of rotatable bonds is 9. The predicted octanol–water partition coefficient (Wildman–Crippen LogP) is 7.67. The molecule has 3 unspecified atom stereocenters. The van der Waals surface area contributed by atoms with Gasteiger partial charge in [-0.3, -0.25) is 0 Å². The van der Waals surface area contributed by atoms with E-state index in [9.17, 15) is 0 Å². The van der Waals surface area contributed by atoms with Crippen LogP contribution in [-0.4, -0.2) is 34.3 Å². The lowest BCUT2D eigenvalue weighted by molar-refractivity contribution is 0.186. The van der Waals surface area contributed by atoms with Gasteiger partial charge < -0.3 is 4.90 Å². The Morgan fingerprint density at radius 2 is 2.06 bits per heavy atom. The van der Waals surface area contributed by atoms with Crippen molar-refractivity contribution in [1.29, 1.82) is 0 Å². The number of aromatic nitrogens is 2. The molecule has 1 saturated heterocycles. The fourth-order valence-corrected chi connectivity index (χ4v) is 5.44. The Kier molecular flexibility index (Phi) is 8.62. The fourth-order valence-electron chi connectivity index (χ4n) is 5.44. The Labute approximate surface area is 212 Å². The maximum Gasteiger partial charge on any atom is 0.0534 e. The number of nitrogens with zero attached hydrogens (tertiary/aromatic N) is 3. The molecule has 2 heterocycles. The summed E-state index contributed by atoms with van der Waals surface area (Å²) in [7, 11) is 0. The molecule has 2 aliphatic rings. The molecule has 0 spiro atoms. The molecule has 3 nitrogen and oxygen atoms in total. The van der Waals surface area contributed by atoms with Crippen LogP contribution in [0.25, 0.3) is 11.8 Å². The lowest BCUT2D eigenvalue weighted by Crippen LogP contribution is -2.35. The molecule has 186 valence electrons. The second-order valence-corrected chi connectivity index (χ2v) is 10.6. The number of allylic oxidation sites excluding steroid dienone is 6. The van der Waals surface area contributed by atoms with Crippen LogP contribution in [0.5, 0.6) is 0 Å². The Morgan fingerprint density at radius 1 is 1.26 bits per heavy atom. The van der Waals surface area contributed by atoms with Crippen LogP contribution in [0.4, 0.5) is 0 Å². The lowest BCUT2D eigenvalue weighted by Gasteiger charge is -2.30. The summed E-state index contributed by atoms with van der Waals surface area (Å²) in [4.78, 5) is 2.62. The van der Waals surface area contributed by atoms with Gasteiger partial charge in [-0.15, -0.1) is 0 Å². The van der Waals surface area contributed by atoms with Crippen molar-refractivity contribution in [2.45, 2.75) is 65.7 Å². The lowest BCUT2D eigenvalue weighted by atomic mass is 9.85. The average Bonchev–Trinajstić information content (AvgIpc) is 3.25. The molecule has 1 aromatic heterocycles. The van der Waals surface area contributed by atoms with Gasteiger partial charge in [0, 0.05) is 36.5 Å². The number of benzene rings is 1. The first-order valence-electron chi connectivity index (χ1n) is 13.6. The molecule has 35 heavy (non-hydrogen) atoms. The summed E-state index contributed by atoms with van der Waals surface area (Å²) in [5.74, 6) is 1.84. The summed E-state index contributed by atoms with van der Waals surface area (Å²) in [5.41, 5.74) is 7.66. The van der Waals surface area contributed by atoms with Gasteiger partial charge >= 0.3 is 0 Å². The Hall–Kier alpha value is -2.65. The first-order chi connectivity index (χ1) is 17.0. The summed E-state index contributed by atoms with van der Waals surface area (Å²) in [6, 6.07) is 9.01. The molecule has 1 aliphatic heterocycles. The highest BCUT2D eigenvalue weighted by Gasteiger charge is 2.19. The van der Waals surface area contributed by atoms with Crippen molar-refractivity contribution in [2.75, 3.05) is 19.6 Å². The summed E-state index contributed by atoms with van der Waals surface area (Å²) in [6.45, 7) is 16.9. The molecular weight excluding hydrogens is 426 g/mol. The van der Waals surface area contributed by atoms with Crippen LogP contribution in [0, 0.1) is 18.8 Å². The van der Waals surface area contributed by atoms with E-state index in [1.807, 2.05) is 17.0 Å². The van der Waals surface area contributed by atoms with Crippen molar-refractivity contribution in [3.8, 4) is 0 Å². The molecule has 0 amide bonds. The van der Waals surface area contributed by atoms with Gasteiger partial charge in [-0.05, 0) is 79.7 Å². The van der Waals surface area contributed by atoms with E-state index in [4.69, 9.17) is 5.10 Å². The quantitative estimate of drug-likeness (QED) is 0.351. The minimum absolute atomic E-state index is 0.403. The monoisotopic (exact) mass is 469 g/mol. The molecule has 1 aliphatic carbocycles. The van der Waals surface area contributed by atoms with Crippen molar-refractivity contribution >= 4 is 11.8 Å². The zero-order valence-electron chi connectivity index (χ0n) is 22.2. The van der Waals surface area contributed by atoms with Crippen LogP contribution in [0.15, 0.2) is 66.9 Å². The van der Waals surface area contributed by atoms with Gasteiger partial charge in [0.25, 0.3) is 0 Å². The molecule has 0 bridgehead atoms. The van der Waals surface area contributed by atoms with Crippen molar-refractivity contribution in [3.05, 3.63) is 89.3 Å². The molecule has 3 heteroatoms. The van der Waals surface area contributed by atoms with Crippen molar-refractivity contribution < 1.29 is 0 Å². The third kappa shape index (κ3) is 6.32. The number of hydrogen-bond donors (Lipinski definition) is 0. The van der Waals surface area contributed by atoms with E-state index in [0.29, 0.717) is 11.8 Å².